The molecule has 1 unspecified atom stereocenters. The first-order chi connectivity index (χ1) is 15.0. The lowest BCUT2D eigenvalue weighted by Crippen LogP contribution is -2.42. The number of oxime groups is 1. The smallest absolute Gasteiger partial charge is 0.435 e. The molecule has 0 aromatic heterocycles. The molecule has 0 amide bonds. The van der Waals surface area contributed by atoms with Gasteiger partial charge in [0.2, 0.25) is 0 Å². The summed E-state index contributed by atoms with van der Waals surface area (Å²) in [5, 5.41) is 3.71. The Labute approximate surface area is 190 Å². The summed E-state index contributed by atoms with van der Waals surface area (Å²) < 4.78 is 52.1. The minimum absolute atomic E-state index is 0.0132. The lowest BCUT2D eigenvalue weighted by Gasteiger charge is -2.29. The van der Waals surface area contributed by atoms with Crippen LogP contribution in [0.1, 0.15) is 40.4 Å². The summed E-state index contributed by atoms with van der Waals surface area (Å²) in [6.45, 7) is 0.903. The summed E-state index contributed by atoms with van der Waals surface area (Å²) in [6, 6.07) is 7.70. The van der Waals surface area contributed by atoms with Crippen molar-refractivity contribution in [2.75, 3.05) is 7.11 Å². The lowest BCUT2D eigenvalue weighted by atomic mass is 9.86. The molecule has 0 saturated heterocycles. The fourth-order valence-corrected chi connectivity index (χ4v) is 3.75. The molecular formula is C21H16Cl2F3NO5. The van der Waals surface area contributed by atoms with Gasteiger partial charge < -0.3 is 14.3 Å². The summed E-state index contributed by atoms with van der Waals surface area (Å²) in [5.74, 6) is -1.29. The van der Waals surface area contributed by atoms with Gasteiger partial charge in [-0.3, -0.25) is 4.79 Å². The van der Waals surface area contributed by atoms with E-state index in [0.717, 1.165) is 12.1 Å². The molecule has 0 spiro atoms. The number of benzene rings is 2. The largest absolute Gasteiger partial charge is 0.465 e. The second-order valence-electron chi connectivity index (χ2n) is 6.93. The molecule has 3 rings (SSSR count). The molecule has 32 heavy (non-hydrogen) atoms. The molecule has 2 aromatic carbocycles. The van der Waals surface area contributed by atoms with Crippen molar-refractivity contribution in [3.05, 3.63) is 68.7 Å². The fourth-order valence-electron chi connectivity index (χ4n) is 3.23. The third kappa shape index (κ3) is 4.68. The standard InChI is InChI=1S/C21H16Cl2F3NO5/c1-11(28)31-10-13-5-12(3-4-17(13)19(29)30-2)18-9-20(32-27-18,21(24,25)26)14-6-15(22)8-16(23)7-14/h3-8H,9-10H2,1-2H3. The second-order valence-corrected chi connectivity index (χ2v) is 7.81. The molecule has 0 N–H and O–H groups in total. The number of carbonyl (C=O) groups is 2. The molecule has 0 radical (unpaired) electrons. The van der Waals surface area contributed by atoms with Crippen LogP contribution in [0.5, 0.6) is 0 Å². The van der Waals surface area contributed by atoms with Crippen LogP contribution in [0, 0.1) is 0 Å². The van der Waals surface area contributed by atoms with Crippen LogP contribution >= 0.6 is 23.2 Å². The molecular weight excluding hydrogens is 474 g/mol. The Morgan fingerprint density at radius 3 is 2.38 bits per heavy atom. The molecule has 6 nitrogen and oxygen atoms in total. The molecule has 0 fully saturated rings. The van der Waals surface area contributed by atoms with Crippen molar-refractivity contribution in [2.45, 2.75) is 31.7 Å². The molecule has 0 saturated carbocycles. The molecule has 0 aliphatic carbocycles. The van der Waals surface area contributed by atoms with Gasteiger partial charge >= 0.3 is 18.1 Å². The normalized spacial score (nSPS) is 18.0. The highest BCUT2D eigenvalue weighted by Gasteiger charge is 2.62. The number of halogens is 5. The van der Waals surface area contributed by atoms with Crippen LogP contribution in [0.2, 0.25) is 10.0 Å². The summed E-state index contributed by atoms with van der Waals surface area (Å²) >= 11 is 11.8. The van der Waals surface area contributed by atoms with Crippen molar-refractivity contribution < 1.29 is 37.1 Å². The van der Waals surface area contributed by atoms with Crippen molar-refractivity contribution in [3.63, 3.8) is 0 Å². The van der Waals surface area contributed by atoms with Gasteiger partial charge in [-0.05, 0) is 35.9 Å². The third-order valence-corrected chi connectivity index (χ3v) is 5.23. The molecule has 11 heteroatoms. The predicted octanol–water partition coefficient (Wildman–Crippen LogP) is 5.43. The highest BCUT2D eigenvalue weighted by molar-refractivity contribution is 6.34. The monoisotopic (exact) mass is 489 g/mol. The zero-order valence-corrected chi connectivity index (χ0v) is 18.3. The maximum atomic E-state index is 14.2. The molecule has 170 valence electrons. The Kier molecular flexibility index (Phi) is 6.71. The van der Waals surface area contributed by atoms with Gasteiger partial charge in [0.1, 0.15) is 6.61 Å². The van der Waals surface area contributed by atoms with E-state index in [1.54, 1.807) is 0 Å². The van der Waals surface area contributed by atoms with Crippen molar-refractivity contribution in [3.8, 4) is 0 Å². The minimum Gasteiger partial charge on any atom is -0.465 e. The number of hydrogen-bond donors (Lipinski definition) is 0. The molecule has 2 aromatic rings. The number of hydrogen-bond acceptors (Lipinski definition) is 6. The second kappa shape index (κ2) is 8.99. The summed E-state index contributed by atoms with van der Waals surface area (Å²) in [6.07, 6.45) is -5.52. The number of alkyl halides is 3. The van der Waals surface area contributed by atoms with Gasteiger partial charge in [-0.15, -0.1) is 0 Å². The first-order valence-electron chi connectivity index (χ1n) is 9.10. The Balaban J connectivity index is 2.01. The number of methoxy groups -OCH3 is 1. The van der Waals surface area contributed by atoms with Gasteiger partial charge in [-0.2, -0.15) is 13.2 Å². The zero-order chi connectivity index (χ0) is 23.7. The van der Waals surface area contributed by atoms with Crippen molar-refractivity contribution in [1.29, 1.82) is 0 Å². The van der Waals surface area contributed by atoms with E-state index in [1.807, 2.05) is 0 Å². The number of rotatable bonds is 5. The van der Waals surface area contributed by atoms with Gasteiger partial charge in [0, 0.05) is 34.5 Å². The van der Waals surface area contributed by atoms with E-state index in [2.05, 4.69) is 5.16 Å². The van der Waals surface area contributed by atoms with Gasteiger partial charge in [0.15, 0.2) is 0 Å². The van der Waals surface area contributed by atoms with Crippen molar-refractivity contribution in [1.82, 2.24) is 0 Å². The number of ether oxygens (including phenoxy) is 2. The molecule has 1 atom stereocenters. The molecule has 1 aliphatic rings. The summed E-state index contributed by atoms with van der Waals surface area (Å²) in [5.41, 5.74) is -2.54. The zero-order valence-electron chi connectivity index (χ0n) is 16.8. The van der Waals surface area contributed by atoms with E-state index in [1.165, 1.54) is 38.3 Å². The van der Waals surface area contributed by atoms with Gasteiger partial charge in [-0.1, -0.05) is 34.4 Å². The highest BCUT2D eigenvalue weighted by Crippen LogP contribution is 2.49. The van der Waals surface area contributed by atoms with Crippen LogP contribution in [0.4, 0.5) is 13.2 Å². The van der Waals surface area contributed by atoms with E-state index in [0.29, 0.717) is 0 Å². The number of esters is 2. The molecule has 0 bridgehead atoms. The quantitative estimate of drug-likeness (QED) is 0.523. The minimum atomic E-state index is -4.85. The SMILES string of the molecule is COC(=O)c1ccc(C2=NOC(c3cc(Cl)cc(Cl)c3)(C(F)(F)F)C2)cc1COC(C)=O. The first kappa shape index (κ1) is 23.9. The number of nitrogens with zero attached hydrogens (tertiary/aromatic N) is 1. The van der Waals surface area contributed by atoms with E-state index in [9.17, 15) is 22.8 Å². The average molecular weight is 490 g/mol. The third-order valence-electron chi connectivity index (χ3n) is 4.79. The number of carbonyl (C=O) groups excluding carboxylic acids is 2. The van der Waals surface area contributed by atoms with E-state index in [4.69, 9.17) is 37.5 Å². The van der Waals surface area contributed by atoms with E-state index >= 15 is 0 Å². The van der Waals surface area contributed by atoms with Crippen LogP contribution < -0.4 is 0 Å². The average Bonchev–Trinajstić information content (AvgIpc) is 3.18. The van der Waals surface area contributed by atoms with Gasteiger partial charge in [-0.25, -0.2) is 4.79 Å². The topological polar surface area (TPSA) is 74.2 Å². The van der Waals surface area contributed by atoms with Crippen molar-refractivity contribution >= 4 is 40.9 Å². The van der Waals surface area contributed by atoms with Crippen LogP contribution in [0.3, 0.4) is 0 Å². The Bertz CT molecular complexity index is 1080. The molecule has 1 heterocycles. The van der Waals surface area contributed by atoms with Crippen LogP contribution in [-0.4, -0.2) is 30.9 Å². The maximum absolute atomic E-state index is 14.2. The summed E-state index contributed by atoms with van der Waals surface area (Å²) in [4.78, 5) is 28.2. The lowest BCUT2D eigenvalue weighted by molar-refractivity contribution is -0.275. The van der Waals surface area contributed by atoms with Crippen LogP contribution in [0.15, 0.2) is 41.6 Å². The Morgan fingerprint density at radius 2 is 1.81 bits per heavy atom. The Morgan fingerprint density at radius 1 is 1.16 bits per heavy atom. The highest BCUT2D eigenvalue weighted by atomic mass is 35.5. The Hall–Kier alpha value is -2.78. The molecule has 1 aliphatic heterocycles. The maximum Gasteiger partial charge on any atom is 0.435 e. The van der Waals surface area contributed by atoms with Gasteiger partial charge in [0.05, 0.1) is 18.4 Å². The van der Waals surface area contributed by atoms with Crippen LogP contribution in [-0.2, 0) is 31.3 Å². The van der Waals surface area contributed by atoms with Crippen molar-refractivity contribution in [2.24, 2.45) is 5.16 Å². The van der Waals surface area contributed by atoms with Gasteiger partial charge in [0.25, 0.3) is 5.60 Å². The van der Waals surface area contributed by atoms with Crippen LogP contribution in [0.25, 0.3) is 0 Å². The van der Waals surface area contributed by atoms with E-state index in [-0.39, 0.29) is 44.6 Å². The van der Waals surface area contributed by atoms with E-state index < -0.39 is 30.1 Å². The predicted molar refractivity (Wildman–Crippen MR) is 110 cm³/mol. The first-order valence-corrected chi connectivity index (χ1v) is 9.86. The fraction of sp³-hybridized carbons (Fsp3) is 0.286. The summed E-state index contributed by atoms with van der Waals surface area (Å²) in [7, 11) is 1.18.